The van der Waals surface area contributed by atoms with Gasteiger partial charge in [-0.25, -0.2) is 0 Å². The predicted molar refractivity (Wildman–Crippen MR) is 56.1 cm³/mol. The van der Waals surface area contributed by atoms with Gasteiger partial charge in [-0.15, -0.1) is 12.4 Å². The zero-order chi connectivity index (χ0) is 8.97. The van der Waals surface area contributed by atoms with Gasteiger partial charge in [-0.1, -0.05) is 30.3 Å². The van der Waals surface area contributed by atoms with Crippen molar-refractivity contribution in [3.63, 3.8) is 0 Å². The Morgan fingerprint density at radius 1 is 1.38 bits per heavy atom. The Morgan fingerprint density at radius 3 is 2.38 bits per heavy atom. The minimum atomic E-state index is -0.354. The number of rotatable bonds is 3. The van der Waals surface area contributed by atoms with Crippen LogP contribution in [0.2, 0.25) is 0 Å². The summed E-state index contributed by atoms with van der Waals surface area (Å²) in [5.74, 6) is 0.0406. The van der Waals surface area contributed by atoms with E-state index in [0.717, 1.165) is 5.56 Å². The maximum atomic E-state index is 10.8. The second-order valence-electron chi connectivity index (χ2n) is 2.91. The summed E-state index contributed by atoms with van der Waals surface area (Å²) in [5, 5.41) is 0. The molecule has 0 aliphatic carbocycles. The molecule has 13 heavy (non-hydrogen) atoms. The monoisotopic (exact) mass is 199 g/mol. The second-order valence-corrected chi connectivity index (χ2v) is 2.91. The van der Waals surface area contributed by atoms with Crippen molar-refractivity contribution in [1.82, 2.24) is 0 Å². The highest BCUT2D eigenvalue weighted by Crippen LogP contribution is 2.01. The van der Waals surface area contributed by atoms with Gasteiger partial charge in [0.25, 0.3) is 0 Å². The van der Waals surface area contributed by atoms with E-state index in [0.29, 0.717) is 6.42 Å². The van der Waals surface area contributed by atoms with Crippen LogP contribution in [0.3, 0.4) is 0 Å². The second kappa shape index (κ2) is 5.73. The van der Waals surface area contributed by atoms with Gasteiger partial charge in [-0.3, -0.25) is 4.79 Å². The van der Waals surface area contributed by atoms with E-state index in [-0.39, 0.29) is 24.2 Å². The minimum absolute atomic E-state index is 0. The first kappa shape index (κ1) is 12.1. The number of hydrogen-bond donors (Lipinski definition) is 1. The molecule has 72 valence electrons. The minimum Gasteiger partial charge on any atom is -0.321 e. The lowest BCUT2D eigenvalue weighted by molar-refractivity contribution is -0.118. The quantitative estimate of drug-likeness (QED) is 0.803. The van der Waals surface area contributed by atoms with E-state index in [1.165, 1.54) is 6.92 Å². The molecule has 1 aromatic carbocycles. The average molecular weight is 200 g/mol. The van der Waals surface area contributed by atoms with Crippen LogP contribution >= 0.6 is 12.4 Å². The van der Waals surface area contributed by atoms with Crippen molar-refractivity contribution in [2.75, 3.05) is 0 Å². The lowest BCUT2D eigenvalue weighted by atomic mass is 10.0. The third kappa shape index (κ3) is 4.06. The summed E-state index contributed by atoms with van der Waals surface area (Å²) >= 11 is 0. The molecule has 0 bridgehead atoms. The number of nitrogens with two attached hydrogens (primary N) is 1. The Labute approximate surface area is 84.5 Å². The van der Waals surface area contributed by atoms with Gasteiger partial charge in [0.15, 0.2) is 0 Å². The molecule has 0 saturated carbocycles. The number of hydrogen-bond acceptors (Lipinski definition) is 2. The first-order valence-electron chi connectivity index (χ1n) is 4.00. The summed E-state index contributed by atoms with van der Waals surface area (Å²) < 4.78 is 0. The van der Waals surface area contributed by atoms with Crippen LogP contribution in [0.15, 0.2) is 30.3 Å². The van der Waals surface area contributed by atoms with Crippen LogP contribution in [-0.4, -0.2) is 11.8 Å². The molecule has 2 nitrogen and oxygen atoms in total. The van der Waals surface area contributed by atoms with Crippen LogP contribution < -0.4 is 5.73 Å². The Kier molecular flexibility index (Phi) is 5.35. The number of carbonyl (C=O) groups excluding carboxylic acids is 1. The molecule has 0 heterocycles. The lowest BCUT2D eigenvalue weighted by Gasteiger charge is -2.06. The SMILES string of the molecule is CC(=O)[C@H](N)Cc1ccccc1.Cl. The van der Waals surface area contributed by atoms with Gasteiger partial charge in [-0.2, -0.15) is 0 Å². The van der Waals surface area contributed by atoms with Crippen molar-refractivity contribution in [3.8, 4) is 0 Å². The smallest absolute Gasteiger partial charge is 0.146 e. The number of halogens is 1. The molecule has 0 amide bonds. The fourth-order valence-electron chi connectivity index (χ4n) is 1.01. The molecule has 0 aromatic heterocycles. The van der Waals surface area contributed by atoms with Gasteiger partial charge in [0.2, 0.25) is 0 Å². The molecule has 0 aliphatic heterocycles. The third-order valence-electron chi connectivity index (χ3n) is 1.82. The van der Waals surface area contributed by atoms with Crippen molar-refractivity contribution in [1.29, 1.82) is 0 Å². The summed E-state index contributed by atoms with van der Waals surface area (Å²) in [6, 6.07) is 9.44. The van der Waals surface area contributed by atoms with Gasteiger partial charge in [-0.05, 0) is 18.9 Å². The van der Waals surface area contributed by atoms with E-state index < -0.39 is 0 Å². The Bertz CT molecular complexity index is 261. The number of ketones is 1. The van der Waals surface area contributed by atoms with E-state index in [9.17, 15) is 4.79 Å². The van der Waals surface area contributed by atoms with Gasteiger partial charge >= 0.3 is 0 Å². The van der Waals surface area contributed by atoms with E-state index in [1.54, 1.807) is 0 Å². The summed E-state index contributed by atoms with van der Waals surface area (Å²) in [6.45, 7) is 1.52. The maximum absolute atomic E-state index is 10.8. The Hall–Kier alpha value is -0.860. The largest absolute Gasteiger partial charge is 0.321 e. The topological polar surface area (TPSA) is 43.1 Å². The molecule has 1 aromatic rings. The third-order valence-corrected chi connectivity index (χ3v) is 1.82. The Morgan fingerprint density at radius 2 is 1.92 bits per heavy atom. The highest BCUT2D eigenvalue weighted by molar-refractivity contribution is 5.85. The van der Waals surface area contributed by atoms with Crippen molar-refractivity contribution < 1.29 is 4.79 Å². The summed E-state index contributed by atoms with van der Waals surface area (Å²) in [7, 11) is 0. The molecule has 1 atom stereocenters. The van der Waals surface area contributed by atoms with Crippen LogP contribution in [0, 0.1) is 0 Å². The Balaban J connectivity index is 0.00000144. The van der Waals surface area contributed by atoms with Crippen LogP contribution in [0.4, 0.5) is 0 Å². The van der Waals surface area contributed by atoms with Gasteiger partial charge in [0.05, 0.1) is 6.04 Å². The van der Waals surface area contributed by atoms with Crippen molar-refractivity contribution in [2.24, 2.45) is 5.73 Å². The molecule has 0 aliphatic rings. The molecule has 3 heteroatoms. The summed E-state index contributed by atoms with van der Waals surface area (Å²) in [5.41, 5.74) is 6.71. The molecule has 0 fully saturated rings. The zero-order valence-corrected chi connectivity index (χ0v) is 8.38. The van der Waals surface area contributed by atoms with E-state index in [1.807, 2.05) is 30.3 Å². The number of carbonyl (C=O) groups is 1. The van der Waals surface area contributed by atoms with Crippen LogP contribution in [-0.2, 0) is 11.2 Å². The molecular weight excluding hydrogens is 186 g/mol. The molecule has 0 radical (unpaired) electrons. The molecule has 0 saturated heterocycles. The highest BCUT2D eigenvalue weighted by Gasteiger charge is 2.07. The van der Waals surface area contributed by atoms with Crippen molar-refractivity contribution >= 4 is 18.2 Å². The molecule has 2 N–H and O–H groups in total. The zero-order valence-electron chi connectivity index (χ0n) is 7.57. The van der Waals surface area contributed by atoms with Gasteiger partial charge < -0.3 is 5.73 Å². The van der Waals surface area contributed by atoms with Crippen molar-refractivity contribution in [2.45, 2.75) is 19.4 Å². The fourth-order valence-corrected chi connectivity index (χ4v) is 1.01. The standard InChI is InChI=1S/C10H13NO.ClH/c1-8(12)10(11)7-9-5-3-2-4-6-9;/h2-6,10H,7,11H2,1H3;1H/t10-;/m1./s1. The van der Waals surface area contributed by atoms with Gasteiger partial charge in [0.1, 0.15) is 5.78 Å². The summed E-state index contributed by atoms with van der Waals surface area (Å²) in [4.78, 5) is 10.8. The molecular formula is C10H14ClNO. The van der Waals surface area contributed by atoms with Crippen LogP contribution in [0.1, 0.15) is 12.5 Å². The molecule has 0 spiro atoms. The molecule has 0 unspecified atom stereocenters. The maximum Gasteiger partial charge on any atom is 0.146 e. The van der Waals surface area contributed by atoms with E-state index in [2.05, 4.69) is 0 Å². The van der Waals surface area contributed by atoms with Crippen LogP contribution in [0.5, 0.6) is 0 Å². The van der Waals surface area contributed by atoms with E-state index >= 15 is 0 Å². The number of Topliss-reactive ketones (excluding diaryl/α,β-unsaturated/α-hetero) is 1. The predicted octanol–water partition coefficient (Wildman–Crippen LogP) is 1.57. The fraction of sp³-hybridized carbons (Fsp3) is 0.300. The van der Waals surface area contributed by atoms with Gasteiger partial charge in [0, 0.05) is 0 Å². The lowest BCUT2D eigenvalue weighted by Crippen LogP contribution is -2.30. The summed E-state index contributed by atoms with van der Waals surface area (Å²) in [6.07, 6.45) is 0.635. The van der Waals surface area contributed by atoms with Crippen LogP contribution in [0.25, 0.3) is 0 Å². The van der Waals surface area contributed by atoms with E-state index in [4.69, 9.17) is 5.73 Å². The molecule has 1 rings (SSSR count). The highest BCUT2D eigenvalue weighted by atomic mass is 35.5. The average Bonchev–Trinajstić information content (AvgIpc) is 2.06. The normalized spacial score (nSPS) is 11.5. The van der Waals surface area contributed by atoms with Crippen molar-refractivity contribution in [3.05, 3.63) is 35.9 Å². The number of benzene rings is 1. The first-order valence-corrected chi connectivity index (χ1v) is 4.00. The first-order chi connectivity index (χ1) is 5.70.